The molecule has 0 unspecified atom stereocenters. The van der Waals surface area contributed by atoms with Gasteiger partial charge in [-0.05, 0) is 0 Å². The average molecular weight is 282 g/mol. The molecule has 1 aromatic heterocycles. The monoisotopic (exact) mass is 282 g/mol. The van der Waals surface area contributed by atoms with Crippen LogP contribution in [0.25, 0.3) is 0 Å². The van der Waals surface area contributed by atoms with Crippen LogP contribution in [-0.2, 0) is 6.42 Å². The van der Waals surface area contributed by atoms with E-state index in [1.807, 2.05) is 6.07 Å². The van der Waals surface area contributed by atoms with Crippen LogP contribution in [0.2, 0.25) is 0 Å². The van der Waals surface area contributed by atoms with Gasteiger partial charge < -0.3 is 15.3 Å². The van der Waals surface area contributed by atoms with Gasteiger partial charge in [-0.1, -0.05) is 0 Å². The van der Waals surface area contributed by atoms with Crippen LogP contribution in [0, 0.1) is 11.3 Å². The molecule has 1 heterocycles. The molecule has 7 nitrogen and oxygen atoms in total. The third-order valence-electron chi connectivity index (χ3n) is 2.29. The lowest BCUT2D eigenvalue weighted by Crippen LogP contribution is -2.38. The number of carbonyl (C=O) groups is 2. The fraction of sp³-hybridized carbons (Fsp3) is 0.455. The first-order valence-corrected chi connectivity index (χ1v) is 6.46. The minimum absolute atomic E-state index is 0.0254. The molecule has 0 aliphatic rings. The SMILES string of the molecule is CN(CCC#N)C(=O)NCCc1nc(C(=O)O)cs1. The molecular formula is C11H14N4O3S. The number of carboxylic acid groups (broad SMARTS) is 1. The Kier molecular flexibility index (Phi) is 5.75. The Labute approximate surface area is 114 Å². The summed E-state index contributed by atoms with van der Waals surface area (Å²) >= 11 is 1.25. The molecule has 0 bridgehead atoms. The molecule has 0 saturated heterocycles. The highest BCUT2D eigenvalue weighted by Crippen LogP contribution is 2.09. The van der Waals surface area contributed by atoms with Gasteiger partial charge in [0, 0.05) is 31.9 Å². The maximum absolute atomic E-state index is 11.5. The average Bonchev–Trinajstić information content (AvgIpc) is 2.84. The third-order valence-corrected chi connectivity index (χ3v) is 3.20. The third kappa shape index (κ3) is 4.93. The van der Waals surface area contributed by atoms with Gasteiger partial charge in [0.25, 0.3) is 0 Å². The van der Waals surface area contributed by atoms with E-state index >= 15 is 0 Å². The number of nitriles is 1. The molecule has 0 fully saturated rings. The fourth-order valence-electron chi connectivity index (χ4n) is 1.25. The minimum Gasteiger partial charge on any atom is -0.476 e. The van der Waals surface area contributed by atoms with Gasteiger partial charge in [-0.15, -0.1) is 11.3 Å². The largest absolute Gasteiger partial charge is 0.476 e. The topological polar surface area (TPSA) is 106 Å². The van der Waals surface area contributed by atoms with Crippen molar-refractivity contribution >= 4 is 23.3 Å². The van der Waals surface area contributed by atoms with Gasteiger partial charge in [0.2, 0.25) is 0 Å². The van der Waals surface area contributed by atoms with Crippen LogP contribution in [-0.4, -0.2) is 47.1 Å². The number of urea groups is 1. The first kappa shape index (κ1) is 14.9. The predicted octanol–water partition coefficient (Wildman–Crippen LogP) is 0.939. The number of amides is 2. The molecule has 0 radical (unpaired) electrons. The molecule has 1 rings (SSSR count). The summed E-state index contributed by atoms with van der Waals surface area (Å²) in [6.45, 7) is 0.755. The van der Waals surface area contributed by atoms with E-state index in [1.54, 1.807) is 7.05 Å². The quantitative estimate of drug-likeness (QED) is 0.807. The number of aromatic nitrogens is 1. The zero-order valence-corrected chi connectivity index (χ0v) is 11.2. The second-order valence-corrected chi connectivity index (χ2v) is 4.69. The van der Waals surface area contributed by atoms with Crippen molar-refractivity contribution in [1.29, 1.82) is 5.26 Å². The first-order chi connectivity index (χ1) is 9.04. The Bertz CT molecular complexity index is 494. The van der Waals surface area contributed by atoms with E-state index < -0.39 is 5.97 Å². The van der Waals surface area contributed by atoms with E-state index in [1.165, 1.54) is 21.6 Å². The molecule has 0 aliphatic carbocycles. The Hall–Kier alpha value is -2.14. The molecule has 0 aromatic carbocycles. The highest BCUT2D eigenvalue weighted by Gasteiger charge is 2.10. The lowest BCUT2D eigenvalue weighted by molar-refractivity contribution is 0.0691. The van der Waals surface area contributed by atoms with Crippen molar-refractivity contribution in [2.24, 2.45) is 0 Å². The van der Waals surface area contributed by atoms with E-state index in [-0.39, 0.29) is 11.7 Å². The van der Waals surface area contributed by atoms with Crippen LogP contribution < -0.4 is 5.32 Å². The Morgan fingerprint density at radius 3 is 2.95 bits per heavy atom. The van der Waals surface area contributed by atoms with Crippen molar-refractivity contribution in [3.63, 3.8) is 0 Å². The number of aromatic carboxylic acids is 1. The van der Waals surface area contributed by atoms with Crippen molar-refractivity contribution < 1.29 is 14.7 Å². The van der Waals surface area contributed by atoms with E-state index in [2.05, 4.69) is 10.3 Å². The van der Waals surface area contributed by atoms with Crippen LogP contribution in [0.15, 0.2) is 5.38 Å². The van der Waals surface area contributed by atoms with Gasteiger partial charge >= 0.3 is 12.0 Å². The summed E-state index contributed by atoms with van der Waals surface area (Å²) in [5.41, 5.74) is 0.0254. The maximum atomic E-state index is 11.5. The van der Waals surface area contributed by atoms with E-state index in [4.69, 9.17) is 10.4 Å². The lowest BCUT2D eigenvalue weighted by atomic mass is 10.4. The highest BCUT2D eigenvalue weighted by atomic mass is 32.1. The van der Waals surface area contributed by atoms with Gasteiger partial charge in [-0.2, -0.15) is 5.26 Å². The molecule has 102 valence electrons. The zero-order valence-electron chi connectivity index (χ0n) is 10.4. The molecule has 8 heteroatoms. The standard InChI is InChI=1S/C11H14N4O3S/c1-15(6-2-4-12)11(18)13-5-3-9-14-8(7-19-9)10(16)17/h7H,2-3,5-6H2,1H3,(H,13,18)(H,16,17). The summed E-state index contributed by atoms with van der Waals surface area (Å²) in [4.78, 5) is 27.5. The lowest BCUT2D eigenvalue weighted by Gasteiger charge is -2.15. The van der Waals surface area contributed by atoms with Crippen LogP contribution in [0.3, 0.4) is 0 Å². The van der Waals surface area contributed by atoms with Gasteiger partial charge in [0.05, 0.1) is 17.5 Å². The number of nitrogens with one attached hydrogen (secondary N) is 1. The van der Waals surface area contributed by atoms with Crippen molar-refractivity contribution in [3.8, 4) is 6.07 Å². The fourth-order valence-corrected chi connectivity index (χ4v) is 2.03. The summed E-state index contributed by atoms with van der Waals surface area (Å²) < 4.78 is 0. The van der Waals surface area contributed by atoms with Crippen LogP contribution in [0.1, 0.15) is 21.9 Å². The number of rotatable bonds is 6. The molecule has 2 N–H and O–H groups in total. The highest BCUT2D eigenvalue weighted by molar-refractivity contribution is 7.09. The second-order valence-electron chi connectivity index (χ2n) is 3.74. The van der Waals surface area contributed by atoms with Crippen molar-refractivity contribution in [2.75, 3.05) is 20.1 Å². The number of carbonyl (C=O) groups excluding carboxylic acids is 1. The van der Waals surface area contributed by atoms with Crippen LogP contribution in [0.4, 0.5) is 4.79 Å². The number of hydrogen-bond acceptors (Lipinski definition) is 5. The second kappa shape index (κ2) is 7.33. The molecule has 2 amide bonds. The van der Waals surface area contributed by atoms with Crippen LogP contribution in [0.5, 0.6) is 0 Å². The Balaban J connectivity index is 2.31. The maximum Gasteiger partial charge on any atom is 0.355 e. The molecule has 19 heavy (non-hydrogen) atoms. The van der Waals surface area contributed by atoms with Crippen molar-refractivity contribution in [1.82, 2.24) is 15.2 Å². The normalized spacial score (nSPS) is 9.68. The predicted molar refractivity (Wildman–Crippen MR) is 69.0 cm³/mol. The van der Waals surface area contributed by atoms with E-state index in [0.717, 1.165) is 0 Å². The Morgan fingerprint density at radius 1 is 1.63 bits per heavy atom. The van der Waals surface area contributed by atoms with Crippen molar-refractivity contribution in [2.45, 2.75) is 12.8 Å². The molecule has 0 aliphatic heterocycles. The summed E-state index contributed by atoms with van der Waals surface area (Å²) in [6, 6.07) is 1.70. The van der Waals surface area contributed by atoms with Gasteiger partial charge in [-0.25, -0.2) is 14.6 Å². The number of thiazole rings is 1. The van der Waals surface area contributed by atoms with Gasteiger partial charge in [0.15, 0.2) is 5.69 Å². The Morgan fingerprint density at radius 2 is 2.37 bits per heavy atom. The summed E-state index contributed by atoms with van der Waals surface area (Å²) in [5, 5.41) is 21.9. The summed E-state index contributed by atoms with van der Waals surface area (Å²) in [5.74, 6) is -1.05. The number of hydrogen-bond donors (Lipinski definition) is 2. The smallest absolute Gasteiger partial charge is 0.355 e. The molecule has 0 atom stereocenters. The van der Waals surface area contributed by atoms with E-state index in [9.17, 15) is 9.59 Å². The minimum atomic E-state index is -1.05. The number of carboxylic acids is 1. The molecule has 0 saturated carbocycles. The first-order valence-electron chi connectivity index (χ1n) is 5.58. The zero-order chi connectivity index (χ0) is 14.3. The van der Waals surface area contributed by atoms with Gasteiger partial charge in [0.1, 0.15) is 0 Å². The van der Waals surface area contributed by atoms with E-state index in [0.29, 0.717) is 30.9 Å². The molecule has 1 aromatic rings. The molecule has 0 spiro atoms. The summed E-state index contributed by atoms with van der Waals surface area (Å²) in [6.07, 6.45) is 0.772. The summed E-state index contributed by atoms with van der Waals surface area (Å²) in [7, 11) is 1.61. The number of nitrogens with zero attached hydrogens (tertiary/aromatic N) is 3. The molecular weight excluding hydrogens is 268 g/mol. The van der Waals surface area contributed by atoms with Crippen LogP contribution >= 0.6 is 11.3 Å². The van der Waals surface area contributed by atoms with Gasteiger partial charge in [-0.3, -0.25) is 0 Å². The van der Waals surface area contributed by atoms with Crippen molar-refractivity contribution in [3.05, 3.63) is 16.1 Å².